The zero-order valence-corrected chi connectivity index (χ0v) is 17.7. The fourth-order valence-corrected chi connectivity index (χ4v) is 3.41. The van der Waals surface area contributed by atoms with Gasteiger partial charge in [0.1, 0.15) is 0 Å². The highest BCUT2D eigenvalue weighted by Gasteiger charge is 2.14. The number of aromatic amines is 2. The average Bonchev–Trinajstić information content (AvgIpc) is 3.05. The summed E-state index contributed by atoms with van der Waals surface area (Å²) in [7, 11) is 0. The summed E-state index contributed by atoms with van der Waals surface area (Å²) in [5.74, 6) is 0.550. The van der Waals surface area contributed by atoms with E-state index >= 15 is 0 Å². The number of imidazole rings is 1. The van der Waals surface area contributed by atoms with Crippen LogP contribution in [0, 0.1) is 0 Å². The van der Waals surface area contributed by atoms with Crippen molar-refractivity contribution in [3.8, 4) is 11.5 Å². The molecule has 3 N–H and O–H groups in total. The van der Waals surface area contributed by atoms with Crippen molar-refractivity contribution < 1.29 is 19.0 Å². The Hall–Kier alpha value is -2.94. The van der Waals surface area contributed by atoms with E-state index in [1.165, 1.54) is 0 Å². The summed E-state index contributed by atoms with van der Waals surface area (Å²) in [5, 5.41) is 3.32. The molecule has 0 aliphatic heterocycles. The van der Waals surface area contributed by atoms with Crippen LogP contribution in [0.2, 0.25) is 0 Å². The third-order valence-corrected chi connectivity index (χ3v) is 4.61. The molecular formula is C20H22BrN3O5. The summed E-state index contributed by atoms with van der Waals surface area (Å²) in [5.41, 5.74) is 3.07. The van der Waals surface area contributed by atoms with Crippen LogP contribution in [0.3, 0.4) is 0 Å². The number of ether oxygens (including phenoxy) is 3. The van der Waals surface area contributed by atoms with E-state index in [0.717, 1.165) is 22.3 Å². The zero-order valence-electron chi connectivity index (χ0n) is 16.1. The maximum Gasteiger partial charge on any atom is 0.344 e. The Morgan fingerprint density at radius 3 is 2.62 bits per heavy atom. The number of carbonyl (C=O) groups excluding carboxylic acids is 1. The van der Waals surface area contributed by atoms with Gasteiger partial charge in [-0.25, -0.2) is 9.59 Å². The van der Waals surface area contributed by atoms with E-state index in [4.69, 9.17) is 14.2 Å². The Bertz CT molecular complexity index is 1060. The van der Waals surface area contributed by atoms with Crippen molar-refractivity contribution in [2.75, 3.05) is 25.1 Å². The first-order valence-corrected chi connectivity index (χ1v) is 9.99. The smallest absolute Gasteiger partial charge is 0.344 e. The number of benzene rings is 2. The highest BCUT2D eigenvalue weighted by molar-refractivity contribution is 9.10. The van der Waals surface area contributed by atoms with Gasteiger partial charge < -0.3 is 29.5 Å². The fourth-order valence-electron chi connectivity index (χ4n) is 2.81. The van der Waals surface area contributed by atoms with Gasteiger partial charge in [0.05, 0.1) is 28.7 Å². The molecule has 1 aromatic heterocycles. The van der Waals surface area contributed by atoms with Crippen molar-refractivity contribution in [2.24, 2.45) is 0 Å². The molecule has 3 rings (SSSR count). The fraction of sp³-hybridized carbons (Fsp3) is 0.300. The van der Waals surface area contributed by atoms with Gasteiger partial charge in [-0.1, -0.05) is 0 Å². The Morgan fingerprint density at radius 1 is 1.07 bits per heavy atom. The maximum atomic E-state index is 11.6. The molecule has 0 unspecified atom stereocenters. The highest BCUT2D eigenvalue weighted by Crippen LogP contribution is 2.37. The van der Waals surface area contributed by atoms with Gasteiger partial charge in [-0.3, -0.25) is 0 Å². The largest absolute Gasteiger partial charge is 0.490 e. The topological polar surface area (TPSA) is 105 Å². The van der Waals surface area contributed by atoms with Crippen molar-refractivity contribution in [1.82, 2.24) is 9.97 Å². The lowest BCUT2D eigenvalue weighted by Crippen LogP contribution is -2.15. The van der Waals surface area contributed by atoms with E-state index in [1.54, 1.807) is 6.92 Å². The van der Waals surface area contributed by atoms with Crippen LogP contribution in [0.5, 0.6) is 11.5 Å². The predicted octanol–water partition coefficient (Wildman–Crippen LogP) is 3.57. The summed E-state index contributed by atoms with van der Waals surface area (Å²) in [4.78, 5) is 28.4. The van der Waals surface area contributed by atoms with E-state index in [1.807, 2.05) is 37.3 Å². The second kappa shape index (κ2) is 9.51. The first kappa shape index (κ1) is 20.8. The number of aromatic nitrogens is 2. The molecule has 2 aromatic carbocycles. The molecule has 0 aliphatic carbocycles. The standard InChI is InChI=1S/C20H22BrN3O5/c1-3-27-17-8-12(7-14(21)19(17)29-11-18(25)28-4-2)10-22-13-5-6-15-16(9-13)24-20(26)23-15/h5-9,22H,3-4,10-11H2,1-2H3,(H2,23,24,26). The van der Waals surface area contributed by atoms with Crippen molar-refractivity contribution >= 4 is 38.6 Å². The van der Waals surface area contributed by atoms with Crippen LogP contribution in [0.15, 0.2) is 39.6 Å². The zero-order chi connectivity index (χ0) is 20.8. The molecule has 0 atom stereocenters. The number of rotatable bonds is 9. The lowest BCUT2D eigenvalue weighted by atomic mass is 10.2. The molecule has 0 aliphatic rings. The minimum absolute atomic E-state index is 0.195. The molecular weight excluding hydrogens is 442 g/mol. The number of fused-ring (bicyclic) bond motifs is 1. The van der Waals surface area contributed by atoms with Crippen molar-refractivity contribution in [1.29, 1.82) is 0 Å². The maximum absolute atomic E-state index is 11.6. The monoisotopic (exact) mass is 463 g/mol. The molecule has 0 radical (unpaired) electrons. The number of nitrogens with one attached hydrogen (secondary N) is 3. The molecule has 154 valence electrons. The molecule has 1 heterocycles. The molecule has 0 spiro atoms. The summed E-state index contributed by atoms with van der Waals surface area (Å²) in [6.45, 7) is 4.70. The number of hydrogen-bond acceptors (Lipinski definition) is 6. The predicted molar refractivity (Wildman–Crippen MR) is 114 cm³/mol. The van der Waals surface area contributed by atoms with Gasteiger partial charge in [-0.2, -0.15) is 0 Å². The Balaban J connectivity index is 1.74. The molecule has 0 saturated heterocycles. The number of H-pyrrole nitrogens is 2. The lowest BCUT2D eigenvalue weighted by molar-refractivity contribution is -0.145. The molecule has 3 aromatic rings. The van der Waals surface area contributed by atoms with Crippen LogP contribution in [0.1, 0.15) is 19.4 Å². The molecule has 0 bridgehead atoms. The average molecular weight is 464 g/mol. The van der Waals surface area contributed by atoms with Crippen LogP contribution in [-0.2, 0) is 16.1 Å². The number of carbonyl (C=O) groups is 1. The first-order chi connectivity index (χ1) is 14.0. The quantitative estimate of drug-likeness (QED) is 0.418. The van der Waals surface area contributed by atoms with Gasteiger partial charge in [0.2, 0.25) is 0 Å². The molecule has 0 saturated carbocycles. The van der Waals surface area contributed by atoms with E-state index in [-0.39, 0.29) is 12.3 Å². The Kier molecular flexibility index (Phi) is 6.82. The summed E-state index contributed by atoms with van der Waals surface area (Å²) >= 11 is 3.49. The van der Waals surface area contributed by atoms with Crippen molar-refractivity contribution in [3.05, 3.63) is 50.9 Å². The number of esters is 1. The third kappa shape index (κ3) is 5.32. The van der Waals surface area contributed by atoms with Crippen molar-refractivity contribution in [2.45, 2.75) is 20.4 Å². The van der Waals surface area contributed by atoms with E-state index in [9.17, 15) is 9.59 Å². The number of halogens is 1. The number of hydrogen-bond donors (Lipinski definition) is 3. The highest BCUT2D eigenvalue weighted by atomic mass is 79.9. The van der Waals surface area contributed by atoms with Gasteiger partial charge in [0.25, 0.3) is 0 Å². The van der Waals surface area contributed by atoms with Crippen LogP contribution in [0.4, 0.5) is 5.69 Å². The lowest BCUT2D eigenvalue weighted by Gasteiger charge is -2.15. The van der Waals surface area contributed by atoms with E-state index in [2.05, 4.69) is 31.2 Å². The summed E-state index contributed by atoms with van der Waals surface area (Å²) in [6, 6.07) is 9.35. The molecule has 9 heteroatoms. The van der Waals surface area contributed by atoms with Crippen LogP contribution >= 0.6 is 15.9 Å². The summed E-state index contributed by atoms with van der Waals surface area (Å²) < 4.78 is 16.9. The SMILES string of the molecule is CCOC(=O)COc1c(Br)cc(CNc2ccc3[nH]c(=O)[nH]c3c2)cc1OCC. The van der Waals surface area contributed by atoms with Crippen molar-refractivity contribution in [3.63, 3.8) is 0 Å². The minimum atomic E-state index is -0.439. The van der Waals surface area contributed by atoms with Gasteiger partial charge in [-0.15, -0.1) is 0 Å². The van der Waals surface area contributed by atoms with E-state index < -0.39 is 5.97 Å². The van der Waals surface area contributed by atoms with Gasteiger partial charge >= 0.3 is 11.7 Å². The van der Waals surface area contributed by atoms with Gasteiger partial charge in [0.15, 0.2) is 18.1 Å². The van der Waals surface area contributed by atoms with Gasteiger partial charge in [-0.05, 0) is 65.7 Å². The Morgan fingerprint density at radius 2 is 1.86 bits per heavy atom. The van der Waals surface area contributed by atoms with Gasteiger partial charge in [0, 0.05) is 12.2 Å². The normalized spacial score (nSPS) is 10.7. The number of anilines is 1. The second-order valence-corrected chi connectivity index (χ2v) is 6.98. The third-order valence-electron chi connectivity index (χ3n) is 4.02. The first-order valence-electron chi connectivity index (χ1n) is 9.19. The molecule has 0 fully saturated rings. The van der Waals surface area contributed by atoms with Crippen LogP contribution in [0.25, 0.3) is 11.0 Å². The molecule has 29 heavy (non-hydrogen) atoms. The van der Waals surface area contributed by atoms with Crippen LogP contribution in [-0.4, -0.2) is 35.8 Å². The molecule has 0 amide bonds. The molecule has 8 nitrogen and oxygen atoms in total. The summed E-state index contributed by atoms with van der Waals surface area (Å²) in [6.07, 6.45) is 0. The van der Waals surface area contributed by atoms with Crippen LogP contribution < -0.4 is 20.5 Å². The minimum Gasteiger partial charge on any atom is -0.490 e. The Labute approximate surface area is 175 Å². The van der Waals surface area contributed by atoms with E-state index in [0.29, 0.717) is 35.7 Å². The second-order valence-electron chi connectivity index (χ2n) is 6.12.